The van der Waals surface area contributed by atoms with E-state index in [-0.39, 0.29) is 18.0 Å². The van der Waals surface area contributed by atoms with Gasteiger partial charge in [-0.2, -0.15) is 10.2 Å². The Morgan fingerprint density at radius 3 is 2.57 bits per heavy atom. The summed E-state index contributed by atoms with van der Waals surface area (Å²) in [5, 5.41) is 15.6. The molecule has 0 spiro atoms. The Bertz CT molecular complexity index is 1010. The Morgan fingerprint density at radius 1 is 1.10 bits per heavy atom. The maximum atomic E-state index is 14.5. The molecule has 1 atom stereocenters. The molecule has 1 saturated heterocycles. The third-order valence-corrected chi connectivity index (χ3v) is 5.24. The average molecular weight is 438 g/mol. The maximum absolute atomic E-state index is 14.5. The number of aromatic nitrogens is 2. The molecule has 2 heterocycles. The summed E-state index contributed by atoms with van der Waals surface area (Å²) in [6.45, 7) is 5.41. The van der Waals surface area contributed by atoms with E-state index in [0.29, 0.717) is 11.2 Å². The van der Waals surface area contributed by atoms with Crippen LogP contribution in [0, 0.1) is 5.82 Å². The predicted molar refractivity (Wildman–Crippen MR) is 115 cm³/mol. The van der Waals surface area contributed by atoms with E-state index < -0.39 is 23.8 Å². The Morgan fingerprint density at radius 2 is 1.83 bits per heavy atom. The van der Waals surface area contributed by atoms with Crippen LogP contribution in [0.5, 0.6) is 0 Å². The summed E-state index contributed by atoms with van der Waals surface area (Å²) in [4.78, 5) is 2.29. The van der Waals surface area contributed by atoms with Crippen molar-refractivity contribution in [1.29, 1.82) is 0 Å². The fourth-order valence-corrected chi connectivity index (χ4v) is 3.66. The zero-order chi connectivity index (χ0) is 20.4. The van der Waals surface area contributed by atoms with E-state index in [1.165, 1.54) is 12.1 Å². The van der Waals surface area contributed by atoms with Gasteiger partial charge in [-0.1, -0.05) is 18.2 Å². The quantitative estimate of drug-likeness (QED) is 0.605. The third-order valence-electron chi connectivity index (χ3n) is 5.24. The van der Waals surface area contributed by atoms with Gasteiger partial charge in [0.25, 0.3) is 6.43 Å². The molecule has 0 saturated carbocycles. The Hall–Kier alpha value is -2.58. The van der Waals surface area contributed by atoms with Gasteiger partial charge in [0.1, 0.15) is 5.82 Å². The molecule has 2 N–H and O–H groups in total. The summed E-state index contributed by atoms with van der Waals surface area (Å²) >= 11 is 0. The number of benzene rings is 2. The number of piperazine rings is 1. The standard InChI is InChI=1S/C21H22F3N5.ClH/c1-13(15-3-2-4-16(20(15)22)21(23)24)27-19-12-26-28-18-6-5-14(11-17(18)19)29-9-7-25-8-10-29;/h2-6,11-13,21,25H,7-10H2,1H3,(H,27,28);1H/t13-;/m1./s1. The van der Waals surface area contributed by atoms with Crippen molar-refractivity contribution in [1.82, 2.24) is 15.5 Å². The molecule has 30 heavy (non-hydrogen) atoms. The van der Waals surface area contributed by atoms with E-state index in [1.54, 1.807) is 13.1 Å². The number of nitrogens with one attached hydrogen (secondary N) is 2. The molecule has 160 valence electrons. The summed E-state index contributed by atoms with van der Waals surface area (Å²) in [6, 6.07) is 9.51. The minimum Gasteiger partial charge on any atom is -0.377 e. The lowest BCUT2D eigenvalue weighted by atomic mass is 10.0. The molecule has 5 nitrogen and oxygen atoms in total. The highest BCUT2D eigenvalue weighted by Crippen LogP contribution is 2.31. The van der Waals surface area contributed by atoms with Gasteiger partial charge in [0, 0.05) is 42.8 Å². The Labute approximate surface area is 179 Å². The van der Waals surface area contributed by atoms with Gasteiger partial charge in [0.15, 0.2) is 0 Å². The van der Waals surface area contributed by atoms with Crippen LogP contribution in [-0.2, 0) is 0 Å². The lowest BCUT2D eigenvalue weighted by Gasteiger charge is -2.29. The first-order chi connectivity index (χ1) is 14.0. The van der Waals surface area contributed by atoms with Gasteiger partial charge in [-0.25, -0.2) is 13.2 Å². The van der Waals surface area contributed by atoms with Crippen molar-refractivity contribution in [2.45, 2.75) is 19.4 Å². The molecule has 0 radical (unpaired) electrons. The van der Waals surface area contributed by atoms with Crippen molar-refractivity contribution in [3.8, 4) is 0 Å². The second-order valence-corrected chi connectivity index (χ2v) is 7.11. The first-order valence-electron chi connectivity index (χ1n) is 9.58. The fraction of sp³-hybridized carbons (Fsp3) is 0.333. The maximum Gasteiger partial charge on any atom is 0.266 e. The molecule has 0 unspecified atom stereocenters. The molecule has 9 heteroatoms. The lowest BCUT2D eigenvalue weighted by Crippen LogP contribution is -2.43. The first kappa shape index (κ1) is 22.1. The van der Waals surface area contributed by atoms with Crippen LogP contribution in [-0.4, -0.2) is 36.4 Å². The van der Waals surface area contributed by atoms with Crippen LogP contribution in [0.15, 0.2) is 42.6 Å². The van der Waals surface area contributed by atoms with Gasteiger partial charge in [-0.15, -0.1) is 12.4 Å². The van der Waals surface area contributed by atoms with Crippen LogP contribution >= 0.6 is 12.4 Å². The molecule has 0 bridgehead atoms. The number of halogens is 4. The molecule has 3 aromatic rings. The van der Waals surface area contributed by atoms with Crippen molar-refractivity contribution in [3.63, 3.8) is 0 Å². The number of anilines is 2. The van der Waals surface area contributed by atoms with Gasteiger partial charge in [0.05, 0.1) is 29.0 Å². The van der Waals surface area contributed by atoms with Crippen LogP contribution in [0.25, 0.3) is 10.9 Å². The molecular weight excluding hydrogens is 415 g/mol. The lowest BCUT2D eigenvalue weighted by molar-refractivity contribution is 0.146. The second-order valence-electron chi connectivity index (χ2n) is 7.11. The van der Waals surface area contributed by atoms with E-state index in [1.807, 2.05) is 18.2 Å². The highest BCUT2D eigenvalue weighted by atomic mass is 35.5. The number of alkyl halides is 2. The van der Waals surface area contributed by atoms with Crippen LogP contribution in [0.2, 0.25) is 0 Å². The summed E-state index contributed by atoms with van der Waals surface area (Å²) in [7, 11) is 0. The average Bonchev–Trinajstić information content (AvgIpc) is 2.74. The minimum absolute atomic E-state index is 0. The largest absolute Gasteiger partial charge is 0.377 e. The molecule has 1 aliphatic rings. The summed E-state index contributed by atoms with van der Waals surface area (Å²) in [5.74, 6) is -0.879. The van der Waals surface area contributed by atoms with E-state index in [0.717, 1.165) is 43.3 Å². The normalized spacial score (nSPS) is 15.2. The fourth-order valence-electron chi connectivity index (χ4n) is 3.66. The highest BCUT2D eigenvalue weighted by molar-refractivity contribution is 5.93. The molecule has 2 aromatic carbocycles. The topological polar surface area (TPSA) is 53.1 Å². The number of hydrogen-bond donors (Lipinski definition) is 2. The molecule has 1 fully saturated rings. The number of rotatable bonds is 5. The van der Waals surface area contributed by atoms with Gasteiger partial charge in [-0.05, 0) is 25.1 Å². The van der Waals surface area contributed by atoms with Gasteiger partial charge in [0.2, 0.25) is 0 Å². The molecule has 0 amide bonds. The number of fused-ring (bicyclic) bond motifs is 1. The van der Waals surface area contributed by atoms with Crippen molar-refractivity contribution >= 4 is 34.7 Å². The van der Waals surface area contributed by atoms with Crippen molar-refractivity contribution in [2.24, 2.45) is 0 Å². The summed E-state index contributed by atoms with van der Waals surface area (Å²) < 4.78 is 40.6. The third kappa shape index (κ3) is 4.44. The molecular formula is C21H23ClF3N5. The monoisotopic (exact) mass is 437 g/mol. The van der Waals surface area contributed by atoms with Crippen molar-refractivity contribution < 1.29 is 13.2 Å². The Balaban J connectivity index is 0.00000256. The second kappa shape index (κ2) is 9.49. The van der Waals surface area contributed by atoms with Crippen LogP contribution in [0.3, 0.4) is 0 Å². The zero-order valence-electron chi connectivity index (χ0n) is 16.4. The molecule has 1 aliphatic heterocycles. The SMILES string of the molecule is C[C@@H](Nc1cnnc2ccc(N3CCNCC3)cc12)c1cccc(C(F)F)c1F.Cl. The Kier molecular flexibility index (Phi) is 6.99. The van der Waals surface area contributed by atoms with Gasteiger partial charge < -0.3 is 15.5 Å². The zero-order valence-corrected chi connectivity index (χ0v) is 17.2. The van der Waals surface area contributed by atoms with Crippen LogP contribution < -0.4 is 15.5 Å². The van der Waals surface area contributed by atoms with Gasteiger partial charge in [-0.3, -0.25) is 0 Å². The smallest absolute Gasteiger partial charge is 0.266 e. The highest BCUT2D eigenvalue weighted by Gasteiger charge is 2.20. The number of nitrogens with zero attached hydrogens (tertiary/aromatic N) is 3. The van der Waals surface area contributed by atoms with Crippen molar-refractivity contribution in [3.05, 3.63) is 59.5 Å². The van der Waals surface area contributed by atoms with Crippen LogP contribution in [0.4, 0.5) is 24.5 Å². The van der Waals surface area contributed by atoms with Gasteiger partial charge >= 0.3 is 0 Å². The van der Waals surface area contributed by atoms with Crippen LogP contribution in [0.1, 0.15) is 30.5 Å². The summed E-state index contributed by atoms with van der Waals surface area (Å²) in [5.41, 5.74) is 2.07. The molecule has 1 aromatic heterocycles. The summed E-state index contributed by atoms with van der Waals surface area (Å²) in [6.07, 6.45) is -1.28. The van der Waals surface area contributed by atoms with E-state index in [4.69, 9.17) is 0 Å². The first-order valence-corrected chi connectivity index (χ1v) is 9.58. The minimum atomic E-state index is -2.85. The van der Waals surface area contributed by atoms with E-state index >= 15 is 0 Å². The molecule has 0 aliphatic carbocycles. The van der Waals surface area contributed by atoms with Crippen molar-refractivity contribution in [2.75, 3.05) is 36.4 Å². The number of hydrogen-bond acceptors (Lipinski definition) is 5. The predicted octanol–water partition coefficient (Wildman–Crippen LogP) is 4.71. The molecule has 4 rings (SSSR count). The van der Waals surface area contributed by atoms with E-state index in [9.17, 15) is 13.2 Å². The van der Waals surface area contributed by atoms with E-state index in [2.05, 4.69) is 25.7 Å².